The Morgan fingerprint density at radius 1 is 1.19 bits per heavy atom. The Hall–Kier alpha value is -2.96. The van der Waals surface area contributed by atoms with Gasteiger partial charge in [-0.1, -0.05) is 0 Å². The Kier molecular flexibility index (Phi) is 3.23. The number of aromatic nitrogens is 5. The maximum Gasteiger partial charge on any atom is 0.240 e. The highest BCUT2D eigenvalue weighted by Crippen LogP contribution is 2.25. The van der Waals surface area contributed by atoms with E-state index in [-0.39, 0.29) is 5.95 Å². The van der Waals surface area contributed by atoms with Crippen molar-refractivity contribution in [2.75, 3.05) is 12.8 Å². The number of benzene rings is 1. The van der Waals surface area contributed by atoms with Crippen molar-refractivity contribution in [3.8, 4) is 23.1 Å². The molecule has 7 heteroatoms. The standard InChI is InChI=1S/C14H14N6O/c1-9-7-10(21-2)3-4-11(9)12-17-13(15)19-14(18-12)20-6-5-16-8-20/h3-8H,1-2H3,(H2,15,17,18,19). The molecule has 0 fully saturated rings. The van der Waals surface area contributed by atoms with E-state index < -0.39 is 0 Å². The van der Waals surface area contributed by atoms with E-state index >= 15 is 0 Å². The molecule has 7 nitrogen and oxygen atoms in total. The van der Waals surface area contributed by atoms with E-state index in [9.17, 15) is 0 Å². The molecule has 0 saturated carbocycles. The average molecular weight is 282 g/mol. The zero-order valence-electron chi connectivity index (χ0n) is 11.7. The summed E-state index contributed by atoms with van der Waals surface area (Å²) in [5.74, 6) is 1.91. The van der Waals surface area contributed by atoms with Crippen LogP contribution in [0.25, 0.3) is 17.3 Å². The first-order valence-corrected chi connectivity index (χ1v) is 6.32. The first-order valence-electron chi connectivity index (χ1n) is 6.32. The van der Waals surface area contributed by atoms with E-state index in [0.717, 1.165) is 16.9 Å². The van der Waals surface area contributed by atoms with Gasteiger partial charge in [0.05, 0.1) is 7.11 Å². The summed E-state index contributed by atoms with van der Waals surface area (Å²) < 4.78 is 6.88. The quantitative estimate of drug-likeness (QED) is 0.785. The first kappa shape index (κ1) is 13.0. The van der Waals surface area contributed by atoms with Gasteiger partial charge in [0.1, 0.15) is 12.1 Å². The predicted octanol–water partition coefficient (Wildman–Crippen LogP) is 1.62. The number of anilines is 1. The van der Waals surface area contributed by atoms with Crippen molar-refractivity contribution in [3.05, 3.63) is 42.5 Å². The third-order valence-corrected chi connectivity index (χ3v) is 3.05. The monoisotopic (exact) mass is 282 g/mol. The smallest absolute Gasteiger partial charge is 0.240 e. The second-order valence-electron chi connectivity index (χ2n) is 4.47. The van der Waals surface area contributed by atoms with E-state index in [1.165, 1.54) is 0 Å². The summed E-state index contributed by atoms with van der Waals surface area (Å²) >= 11 is 0. The number of imidazole rings is 1. The molecule has 106 valence electrons. The molecule has 0 saturated heterocycles. The van der Waals surface area contributed by atoms with Gasteiger partial charge >= 0.3 is 0 Å². The summed E-state index contributed by atoms with van der Waals surface area (Å²) in [4.78, 5) is 16.7. The van der Waals surface area contributed by atoms with Gasteiger partial charge in [0.15, 0.2) is 5.82 Å². The minimum Gasteiger partial charge on any atom is -0.497 e. The largest absolute Gasteiger partial charge is 0.497 e. The Bertz CT molecular complexity index is 769. The summed E-state index contributed by atoms with van der Waals surface area (Å²) in [6.45, 7) is 1.97. The fraction of sp³-hybridized carbons (Fsp3) is 0.143. The lowest BCUT2D eigenvalue weighted by molar-refractivity contribution is 0.414. The lowest BCUT2D eigenvalue weighted by atomic mass is 10.1. The normalized spacial score (nSPS) is 10.6. The molecule has 2 N–H and O–H groups in total. The number of aryl methyl sites for hydroxylation is 1. The van der Waals surface area contributed by atoms with Crippen molar-refractivity contribution in [3.63, 3.8) is 0 Å². The summed E-state index contributed by atoms with van der Waals surface area (Å²) in [7, 11) is 1.63. The van der Waals surface area contributed by atoms with Crippen LogP contribution in [0, 0.1) is 6.92 Å². The van der Waals surface area contributed by atoms with Crippen molar-refractivity contribution < 1.29 is 4.74 Å². The number of methoxy groups -OCH3 is 1. The molecule has 0 radical (unpaired) electrons. The molecular formula is C14H14N6O. The molecule has 0 amide bonds. The molecule has 0 spiro atoms. The Labute approximate surface area is 121 Å². The third kappa shape index (κ3) is 2.53. The zero-order chi connectivity index (χ0) is 14.8. The Morgan fingerprint density at radius 2 is 2.05 bits per heavy atom. The van der Waals surface area contributed by atoms with Gasteiger partial charge in [-0.15, -0.1) is 0 Å². The van der Waals surface area contributed by atoms with Crippen LogP contribution in [0.1, 0.15) is 5.56 Å². The van der Waals surface area contributed by atoms with E-state index in [2.05, 4.69) is 19.9 Å². The van der Waals surface area contributed by atoms with Gasteiger partial charge in [-0.25, -0.2) is 4.98 Å². The fourth-order valence-electron chi connectivity index (χ4n) is 2.01. The van der Waals surface area contributed by atoms with Gasteiger partial charge in [-0.05, 0) is 30.7 Å². The predicted molar refractivity (Wildman–Crippen MR) is 78.1 cm³/mol. The molecule has 3 aromatic rings. The molecule has 0 unspecified atom stereocenters. The Morgan fingerprint density at radius 3 is 2.71 bits per heavy atom. The van der Waals surface area contributed by atoms with Gasteiger partial charge in [0.2, 0.25) is 11.9 Å². The molecule has 0 aliphatic heterocycles. The second kappa shape index (κ2) is 5.20. The van der Waals surface area contributed by atoms with Gasteiger partial charge < -0.3 is 10.5 Å². The maximum atomic E-state index is 5.79. The highest BCUT2D eigenvalue weighted by Gasteiger charge is 2.11. The number of ether oxygens (including phenoxy) is 1. The second-order valence-corrected chi connectivity index (χ2v) is 4.47. The lowest BCUT2D eigenvalue weighted by Gasteiger charge is -2.09. The number of nitrogens with zero attached hydrogens (tertiary/aromatic N) is 5. The van der Waals surface area contributed by atoms with Crippen LogP contribution in [0.15, 0.2) is 36.9 Å². The number of hydrogen-bond donors (Lipinski definition) is 1. The van der Waals surface area contributed by atoms with Crippen LogP contribution in [0.4, 0.5) is 5.95 Å². The topological polar surface area (TPSA) is 91.7 Å². The highest BCUT2D eigenvalue weighted by atomic mass is 16.5. The molecule has 0 aliphatic rings. The van der Waals surface area contributed by atoms with Gasteiger partial charge in [0, 0.05) is 18.0 Å². The average Bonchev–Trinajstić information content (AvgIpc) is 3.00. The van der Waals surface area contributed by atoms with E-state index in [4.69, 9.17) is 10.5 Å². The van der Waals surface area contributed by atoms with Gasteiger partial charge in [-0.3, -0.25) is 4.57 Å². The van der Waals surface area contributed by atoms with Crippen LogP contribution in [0.5, 0.6) is 5.75 Å². The van der Waals surface area contributed by atoms with Crippen molar-refractivity contribution in [1.82, 2.24) is 24.5 Å². The Balaban J connectivity index is 2.10. The van der Waals surface area contributed by atoms with Crippen LogP contribution >= 0.6 is 0 Å². The SMILES string of the molecule is COc1ccc(-c2nc(N)nc(-n3ccnc3)n2)c(C)c1. The minimum absolute atomic E-state index is 0.166. The maximum absolute atomic E-state index is 5.79. The molecule has 0 atom stereocenters. The first-order chi connectivity index (χ1) is 10.2. The fourth-order valence-corrected chi connectivity index (χ4v) is 2.01. The van der Waals surface area contributed by atoms with Crippen molar-refractivity contribution in [2.45, 2.75) is 6.92 Å². The molecule has 3 rings (SSSR count). The van der Waals surface area contributed by atoms with E-state index in [0.29, 0.717) is 11.8 Å². The number of nitrogens with two attached hydrogens (primary N) is 1. The van der Waals surface area contributed by atoms with E-state index in [1.54, 1.807) is 30.4 Å². The summed E-state index contributed by atoms with van der Waals surface area (Å²) in [5.41, 5.74) is 7.67. The zero-order valence-corrected chi connectivity index (χ0v) is 11.7. The molecule has 0 aliphatic carbocycles. The van der Waals surface area contributed by atoms with Crippen molar-refractivity contribution in [1.29, 1.82) is 0 Å². The molecule has 0 bridgehead atoms. The minimum atomic E-state index is 0.166. The van der Waals surface area contributed by atoms with Crippen molar-refractivity contribution in [2.24, 2.45) is 0 Å². The highest BCUT2D eigenvalue weighted by molar-refractivity contribution is 5.62. The third-order valence-electron chi connectivity index (χ3n) is 3.05. The molecular weight excluding hydrogens is 268 g/mol. The van der Waals surface area contributed by atoms with Gasteiger partial charge in [0.25, 0.3) is 0 Å². The van der Waals surface area contributed by atoms with Crippen molar-refractivity contribution >= 4 is 5.95 Å². The number of hydrogen-bond acceptors (Lipinski definition) is 6. The van der Waals surface area contributed by atoms with Gasteiger partial charge in [-0.2, -0.15) is 15.0 Å². The van der Waals surface area contributed by atoms with Crippen LogP contribution in [0.3, 0.4) is 0 Å². The van der Waals surface area contributed by atoms with Crippen LogP contribution in [-0.4, -0.2) is 31.6 Å². The van der Waals surface area contributed by atoms with E-state index in [1.807, 2.05) is 25.1 Å². The molecule has 2 heterocycles. The number of nitrogen functional groups attached to an aromatic ring is 1. The molecule has 21 heavy (non-hydrogen) atoms. The molecule has 1 aromatic carbocycles. The van der Waals surface area contributed by atoms with Crippen LogP contribution in [0.2, 0.25) is 0 Å². The summed E-state index contributed by atoms with van der Waals surface area (Å²) in [5, 5.41) is 0. The summed E-state index contributed by atoms with van der Waals surface area (Å²) in [6, 6.07) is 5.69. The number of rotatable bonds is 3. The summed E-state index contributed by atoms with van der Waals surface area (Å²) in [6.07, 6.45) is 5.01. The van der Waals surface area contributed by atoms with Crippen LogP contribution < -0.4 is 10.5 Å². The lowest BCUT2D eigenvalue weighted by Crippen LogP contribution is -2.07. The molecule has 2 aromatic heterocycles. The van der Waals surface area contributed by atoms with Crippen LogP contribution in [-0.2, 0) is 0 Å².